The van der Waals surface area contributed by atoms with E-state index in [9.17, 15) is 10.1 Å². The first-order chi connectivity index (χ1) is 15.0. The van der Waals surface area contributed by atoms with Gasteiger partial charge in [0.2, 0.25) is 11.9 Å². The molecule has 2 aromatic heterocycles. The van der Waals surface area contributed by atoms with Gasteiger partial charge in [0.1, 0.15) is 23.3 Å². The normalized spacial score (nSPS) is 14.5. The lowest BCUT2D eigenvalue weighted by molar-refractivity contribution is -0.117. The van der Waals surface area contributed by atoms with E-state index in [-0.39, 0.29) is 11.9 Å². The van der Waals surface area contributed by atoms with Crippen molar-refractivity contribution in [2.24, 2.45) is 0 Å². The first kappa shape index (κ1) is 20.5. The van der Waals surface area contributed by atoms with Gasteiger partial charge in [0, 0.05) is 37.0 Å². The highest BCUT2D eigenvalue weighted by molar-refractivity contribution is 5.96. The summed E-state index contributed by atoms with van der Waals surface area (Å²) in [4.78, 5) is 26.0. The number of hydrogen-bond donors (Lipinski definition) is 3. The number of hydrogen-bond acceptors (Lipinski definition) is 7. The first-order valence-electron chi connectivity index (χ1n) is 10.3. The molecule has 9 heteroatoms. The molecule has 1 atom stereocenters. The summed E-state index contributed by atoms with van der Waals surface area (Å²) < 4.78 is 5.55. The lowest BCUT2D eigenvalue weighted by Crippen LogP contribution is -2.23. The molecule has 1 aliphatic heterocycles. The van der Waals surface area contributed by atoms with Crippen molar-refractivity contribution in [3.05, 3.63) is 30.0 Å². The molecule has 0 bridgehead atoms. The number of rotatable bonds is 7. The summed E-state index contributed by atoms with van der Waals surface area (Å²) in [5.41, 5.74) is 2.55. The molecule has 3 N–H and O–H groups in total. The van der Waals surface area contributed by atoms with Crippen LogP contribution < -0.4 is 20.3 Å². The number of fused-ring (bicyclic) bond motifs is 1. The number of ether oxygens (including phenoxy) is 1. The van der Waals surface area contributed by atoms with E-state index < -0.39 is 0 Å². The van der Waals surface area contributed by atoms with Crippen LogP contribution >= 0.6 is 0 Å². The summed E-state index contributed by atoms with van der Waals surface area (Å²) in [6, 6.07) is 7.93. The molecule has 0 spiro atoms. The average molecular weight is 419 g/mol. The molecule has 160 valence electrons. The van der Waals surface area contributed by atoms with Gasteiger partial charge in [-0.15, -0.1) is 0 Å². The Kier molecular flexibility index (Phi) is 5.62. The van der Waals surface area contributed by atoms with Crippen LogP contribution in [0, 0.1) is 11.3 Å². The molecule has 31 heavy (non-hydrogen) atoms. The number of nitrogens with one attached hydrogen (secondary N) is 3. The Bertz CT molecular complexity index is 1160. The Morgan fingerprint density at radius 1 is 1.39 bits per heavy atom. The summed E-state index contributed by atoms with van der Waals surface area (Å²) >= 11 is 0. The van der Waals surface area contributed by atoms with Crippen LogP contribution in [0.4, 0.5) is 23.1 Å². The standard InChI is InChI=1S/C22H25N7O2/c1-4-13(2)25-21-19-14(11-23)12-24-20(19)27-22(28-21)26-16-8-7-15(10-17(16)31-3)29-9-5-6-18(29)30/h7-8,10,12-13H,4-6,9H2,1-3H3,(H3,24,25,26,27,28)/t13-/m0/s1. The van der Waals surface area contributed by atoms with E-state index >= 15 is 0 Å². The van der Waals surface area contributed by atoms with Gasteiger partial charge in [0.05, 0.1) is 23.7 Å². The van der Waals surface area contributed by atoms with Gasteiger partial charge in [0.25, 0.3) is 0 Å². The molecule has 9 nitrogen and oxygen atoms in total. The molecule has 3 aromatic rings. The van der Waals surface area contributed by atoms with Gasteiger partial charge in [-0.05, 0) is 31.9 Å². The Balaban J connectivity index is 1.69. The second-order valence-corrected chi connectivity index (χ2v) is 7.55. The Labute approximate surface area is 180 Å². The van der Waals surface area contributed by atoms with Crippen molar-refractivity contribution in [2.75, 3.05) is 29.2 Å². The molecule has 4 rings (SSSR count). The molecule has 1 aliphatic rings. The monoisotopic (exact) mass is 419 g/mol. The highest BCUT2D eigenvalue weighted by Gasteiger charge is 2.23. The number of nitriles is 1. The van der Waals surface area contributed by atoms with Crippen molar-refractivity contribution in [3.8, 4) is 11.8 Å². The van der Waals surface area contributed by atoms with Crippen molar-refractivity contribution in [1.82, 2.24) is 15.0 Å². The maximum Gasteiger partial charge on any atom is 0.231 e. The number of anilines is 4. The lowest BCUT2D eigenvalue weighted by Gasteiger charge is -2.19. The minimum absolute atomic E-state index is 0.123. The maximum atomic E-state index is 12.1. The van der Waals surface area contributed by atoms with Crippen molar-refractivity contribution < 1.29 is 9.53 Å². The number of aromatic nitrogens is 3. The number of carbonyl (C=O) groups is 1. The fraction of sp³-hybridized carbons (Fsp3) is 0.364. The average Bonchev–Trinajstić information content (AvgIpc) is 3.39. The molecular formula is C22H25N7O2. The molecule has 0 aliphatic carbocycles. The van der Waals surface area contributed by atoms with Gasteiger partial charge in [-0.25, -0.2) is 0 Å². The third kappa shape index (κ3) is 3.97. The molecule has 1 aromatic carbocycles. The van der Waals surface area contributed by atoms with Crippen LogP contribution in [0.15, 0.2) is 24.4 Å². The SMILES string of the molecule is CC[C@H](C)Nc1nc(Nc2ccc(N3CCCC3=O)cc2OC)nc2[nH]cc(C#N)c12. The number of nitrogens with zero attached hydrogens (tertiary/aromatic N) is 4. The van der Waals surface area contributed by atoms with Crippen molar-refractivity contribution >= 4 is 40.1 Å². The number of carbonyl (C=O) groups excluding carboxylic acids is 1. The van der Waals surface area contributed by atoms with E-state index in [0.717, 1.165) is 18.5 Å². The zero-order valence-corrected chi connectivity index (χ0v) is 17.8. The van der Waals surface area contributed by atoms with Crippen LogP contribution in [0.3, 0.4) is 0 Å². The maximum absolute atomic E-state index is 12.1. The quantitative estimate of drug-likeness (QED) is 0.531. The number of amides is 1. The van der Waals surface area contributed by atoms with E-state index in [0.29, 0.717) is 52.8 Å². The topological polar surface area (TPSA) is 119 Å². The number of aromatic amines is 1. The summed E-state index contributed by atoms with van der Waals surface area (Å²) in [7, 11) is 1.58. The minimum atomic E-state index is 0.123. The highest BCUT2D eigenvalue weighted by atomic mass is 16.5. The van der Waals surface area contributed by atoms with Crippen LogP contribution in [-0.2, 0) is 4.79 Å². The van der Waals surface area contributed by atoms with Gasteiger partial charge >= 0.3 is 0 Å². The van der Waals surface area contributed by atoms with Crippen molar-refractivity contribution in [2.45, 2.75) is 39.2 Å². The molecule has 0 radical (unpaired) electrons. The third-order valence-corrected chi connectivity index (χ3v) is 5.46. The van der Waals surface area contributed by atoms with E-state index in [2.05, 4.69) is 45.5 Å². The van der Waals surface area contributed by atoms with Gasteiger partial charge in [0.15, 0.2) is 0 Å². The fourth-order valence-corrected chi connectivity index (χ4v) is 3.61. The first-order valence-corrected chi connectivity index (χ1v) is 10.3. The van der Waals surface area contributed by atoms with Gasteiger partial charge in [-0.2, -0.15) is 15.2 Å². The van der Waals surface area contributed by atoms with Gasteiger partial charge in [-0.3, -0.25) is 4.79 Å². The predicted octanol–water partition coefficient (Wildman–Crippen LogP) is 3.92. The van der Waals surface area contributed by atoms with Crippen LogP contribution in [0.1, 0.15) is 38.7 Å². The van der Waals surface area contributed by atoms with Crippen molar-refractivity contribution in [3.63, 3.8) is 0 Å². The Hall–Kier alpha value is -3.80. The minimum Gasteiger partial charge on any atom is -0.494 e. The summed E-state index contributed by atoms with van der Waals surface area (Å²) in [6.07, 6.45) is 3.98. The summed E-state index contributed by atoms with van der Waals surface area (Å²) in [6.45, 7) is 4.85. The second-order valence-electron chi connectivity index (χ2n) is 7.55. The smallest absolute Gasteiger partial charge is 0.231 e. The Morgan fingerprint density at radius 2 is 2.23 bits per heavy atom. The Morgan fingerprint density at radius 3 is 2.90 bits per heavy atom. The molecule has 1 saturated heterocycles. The molecule has 0 saturated carbocycles. The lowest BCUT2D eigenvalue weighted by atomic mass is 10.2. The van der Waals surface area contributed by atoms with Crippen LogP contribution in [0.2, 0.25) is 0 Å². The largest absolute Gasteiger partial charge is 0.494 e. The zero-order valence-electron chi connectivity index (χ0n) is 17.8. The highest BCUT2D eigenvalue weighted by Crippen LogP contribution is 2.34. The molecule has 3 heterocycles. The number of benzene rings is 1. The second kappa shape index (κ2) is 8.52. The van der Waals surface area contributed by atoms with Crippen molar-refractivity contribution in [1.29, 1.82) is 5.26 Å². The fourth-order valence-electron chi connectivity index (χ4n) is 3.61. The van der Waals surface area contributed by atoms with Gasteiger partial charge < -0.3 is 25.3 Å². The van der Waals surface area contributed by atoms with E-state index in [1.54, 1.807) is 18.2 Å². The van der Waals surface area contributed by atoms with Gasteiger partial charge in [-0.1, -0.05) is 6.92 Å². The van der Waals surface area contributed by atoms with Crippen LogP contribution in [0.25, 0.3) is 11.0 Å². The summed E-state index contributed by atoms with van der Waals surface area (Å²) in [5.74, 6) is 1.67. The number of methoxy groups -OCH3 is 1. The van der Waals surface area contributed by atoms with E-state index in [4.69, 9.17) is 4.74 Å². The molecule has 0 unspecified atom stereocenters. The summed E-state index contributed by atoms with van der Waals surface area (Å²) in [5, 5.41) is 16.7. The molecule has 1 fully saturated rings. The zero-order chi connectivity index (χ0) is 22.0. The number of H-pyrrole nitrogens is 1. The predicted molar refractivity (Wildman–Crippen MR) is 120 cm³/mol. The van der Waals surface area contributed by atoms with Crippen LogP contribution in [0.5, 0.6) is 5.75 Å². The van der Waals surface area contributed by atoms with Crippen LogP contribution in [-0.4, -0.2) is 40.6 Å². The van der Waals surface area contributed by atoms with E-state index in [1.807, 2.05) is 18.2 Å². The molecule has 1 amide bonds. The van der Waals surface area contributed by atoms with E-state index in [1.165, 1.54) is 0 Å². The molecular weight excluding hydrogens is 394 g/mol. The third-order valence-electron chi connectivity index (χ3n) is 5.46.